The van der Waals surface area contributed by atoms with E-state index in [0.29, 0.717) is 0 Å². The summed E-state index contributed by atoms with van der Waals surface area (Å²) in [6.45, 7) is 9.18. The van der Waals surface area contributed by atoms with Crippen molar-refractivity contribution in [2.45, 2.75) is 39.2 Å². The highest BCUT2D eigenvalue weighted by Gasteiger charge is 2.17. The lowest BCUT2D eigenvalue weighted by molar-refractivity contribution is 0.308. The number of aromatic nitrogens is 1. The Balaban J connectivity index is 1.61. The van der Waals surface area contributed by atoms with E-state index in [1.54, 1.807) is 11.3 Å². The van der Waals surface area contributed by atoms with Gasteiger partial charge in [-0.3, -0.25) is 0 Å². The third-order valence-electron chi connectivity index (χ3n) is 3.00. The Labute approximate surface area is 131 Å². The highest BCUT2D eigenvalue weighted by molar-refractivity contribution is 7.11. The Morgan fingerprint density at radius 1 is 1.19 bits per heavy atom. The Morgan fingerprint density at radius 3 is 2.62 bits per heavy atom. The van der Waals surface area contributed by atoms with Crippen LogP contribution in [0.1, 0.15) is 37.1 Å². The first-order chi connectivity index (χ1) is 10.1. The molecule has 0 aliphatic carbocycles. The van der Waals surface area contributed by atoms with Gasteiger partial charge in [-0.05, 0) is 25.1 Å². The van der Waals surface area contributed by atoms with Crippen LogP contribution in [0.4, 0.5) is 0 Å². The van der Waals surface area contributed by atoms with Gasteiger partial charge in [0, 0.05) is 23.0 Å². The maximum atomic E-state index is 5.66. The largest absolute Gasteiger partial charge is 0.494 e. The molecule has 1 aromatic heterocycles. The van der Waals surface area contributed by atoms with Gasteiger partial charge in [0.05, 0.1) is 11.6 Å². The Hall–Kier alpha value is -1.39. The van der Waals surface area contributed by atoms with Crippen LogP contribution in [-0.4, -0.2) is 18.1 Å². The summed E-state index contributed by atoms with van der Waals surface area (Å²) in [6.07, 6.45) is 2.98. The van der Waals surface area contributed by atoms with Crippen LogP contribution in [-0.2, 0) is 12.0 Å². The molecular weight excluding hydrogens is 280 g/mol. The number of nitrogens with zero attached hydrogens (tertiary/aromatic N) is 1. The van der Waals surface area contributed by atoms with Crippen molar-refractivity contribution in [3.05, 3.63) is 46.4 Å². The van der Waals surface area contributed by atoms with Crippen LogP contribution >= 0.6 is 11.3 Å². The lowest BCUT2D eigenvalue weighted by atomic mass is 9.98. The summed E-state index contributed by atoms with van der Waals surface area (Å²) in [5.41, 5.74) is 0.145. The van der Waals surface area contributed by atoms with Crippen LogP contribution in [0.3, 0.4) is 0 Å². The normalized spacial score (nSPS) is 11.6. The summed E-state index contributed by atoms with van der Waals surface area (Å²) in [5, 5.41) is 4.64. The van der Waals surface area contributed by atoms with E-state index in [9.17, 15) is 0 Å². The molecule has 0 aliphatic heterocycles. The van der Waals surface area contributed by atoms with Gasteiger partial charge < -0.3 is 10.1 Å². The molecule has 0 atom stereocenters. The van der Waals surface area contributed by atoms with Crippen molar-refractivity contribution in [1.29, 1.82) is 0 Å². The zero-order chi connectivity index (χ0) is 15.1. The Kier molecular flexibility index (Phi) is 5.76. The van der Waals surface area contributed by atoms with E-state index in [4.69, 9.17) is 4.74 Å². The predicted octanol–water partition coefficient (Wildman–Crippen LogP) is 4.00. The van der Waals surface area contributed by atoms with Crippen LogP contribution in [0.5, 0.6) is 5.75 Å². The fourth-order valence-electron chi connectivity index (χ4n) is 1.85. The zero-order valence-corrected chi connectivity index (χ0v) is 13.9. The van der Waals surface area contributed by atoms with E-state index in [1.165, 1.54) is 9.88 Å². The number of hydrogen-bond donors (Lipinski definition) is 1. The van der Waals surface area contributed by atoms with E-state index < -0.39 is 0 Å². The quantitative estimate of drug-likeness (QED) is 0.785. The molecule has 0 amide bonds. The van der Waals surface area contributed by atoms with Gasteiger partial charge in [0.2, 0.25) is 0 Å². The van der Waals surface area contributed by atoms with Crippen LogP contribution in [0, 0.1) is 0 Å². The highest BCUT2D eigenvalue weighted by atomic mass is 32.1. The molecule has 3 nitrogen and oxygen atoms in total. The molecule has 0 bridgehead atoms. The van der Waals surface area contributed by atoms with Crippen molar-refractivity contribution in [2.24, 2.45) is 0 Å². The minimum atomic E-state index is 0.145. The molecule has 0 aliphatic rings. The Bertz CT molecular complexity index is 531. The first kappa shape index (κ1) is 16.0. The molecule has 1 N–H and O–H groups in total. The van der Waals surface area contributed by atoms with E-state index in [1.807, 2.05) is 36.5 Å². The van der Waals surface area contributed by atoms with Gasteiger partial charge in [-0.15, -0.1) is 11.3 Å². The highest BCUT2D eigenvalue weighted by Crippen LogP contribution is 2.26. The second-order valence-corrected chi connectivity index (χ2v) is 7.19. The molecule has 1 heterocycles. The van der Waals surface area contributed by atoms with E-state index in [-0.39, 0.29) is 5.41 Å². The van der Waals surface area contributed by atoms with Gasteiger partial charge in [0.25, 0.3) is 0 Å². The molecule has 0 saturated carbocycles. The lowest BCUT2D eigenvalue weighted by Gasteiger charge is -2.13. The van der Waals surface area contributed by atoms with Crippen LogP contribution < -0.4 is 10.1 Å². The van der Waals surface area contributed by atoms with Gasteiger partial charge in [0.1, 0.15) is 5.75 Å². The fourth-order valence-corrected chi connectivity index (χ4v) is 2.79. The van der Waals surface area contributed by atoms with E-state index >= 15 is 0 Å². The smallest absolute Gasteiger partial charge is 0.119 e. The summed E-state index contributed by atoms with van der Waals surface area (Å²) >= 11 is 1.80. The second-order valence-electron chi connectivity index (χ2n) is 6.07. The molecule has 0 saturated heterocycles. The number of ether oxygens (including phenoxy) is 1. The van der Waals surface area contributed by atoms with Crippen molar-refractivity contribution >= 4 is 11.3 Å². The van der Waals surface area contributed by atoms with Gasteiger partial charge in [0.15, 0.2) is 0 Å². The van der Waals surface area contributed by atoms with Gasteiger partial charge in [-0.2, -0.15) is 0 Å². The molecule has 2 rings (SSSR count). The number of rotatable bonds is 7. The van der Waals surface area contributed by atoms with Gasteiger partial charge in [-0.1, -0.05) is 39.0 Å². The standard InChI is InChI=1S/C17H24N2OS/c1-17(2,3)16-19-13-15(21-16)12-18-10-7-11-20-14-8-5-4-6-9-14/h4-6,8-9,13,18H,7,10-12H2,1-3H3. The topological polar surface area (TPSA) is 34.2 Å². The summed E-state index contributed by atoms with van der Waals surface area (Å²) in [4.78, 5) is 5.79. The Morgan fingerprint density at radius 2 is 1.95 bits per heavy atom. The lowest BCUT2D eigenvalue weighted by Crippen LogP contribution is -2.16. The van der Waals surface area contributed by atoms with Crippen molar-refractivity contribution in [3.63, 3.8) is 0 Å². The molecule has 2 aromatic rings. The van der Waals surface area contributed by atoms with Crippen LogP contribution in [0.2, 0.25) is 0 Å². The van der Waals surface area contributed by atoms with Gasteiger partial charge in [-0.25, -0.2) is 4.98 Å². The average Bonchev–Trinajstić information content (AvgIpc) is 2.93. The minimum absolute atomic E-state index is 0.145. The summed E-state index contributed by atoms with van der Waals surface area (Å²) in [7, 11) is 0. The van der Waals surface area contributed by atoms with Crippen molar-refractivity contribution in [3.8, 4) is 5.75 Å². The minimum Gasteiger partial charge on any atom is -0.494 e. The SMILES string of the molecule is CC(C)(C)c1ncc(CNCCCOc2ccccc2)s1. The number of thiazole rings is 1. The maximum Gasteiger partial charge on any atom is 0.119 e. The first-order valence-corrected chi connectivity index (χ1v) is 8.21. The third-order valence-corrected chi connectivity index (χ3v) is 4.43. The molecular formula is C17H24N2OS. The van der Waals surface area contributed by atoms with Crippen molar-refractivity contribution < 1.29 is 4.74 Å². The predicted molar refractivity (Wildman–Crippen MR) is 89.1 cm³/mol. The van der Waals surface area contributed by atoms with Crippen molar-refractivity contribution in [1.82, 2.24) is 10.3 Å². The van der Waals surface area contributed by atoms with Crippen LogP contribution in [0.25, 0.3) is 0 Å². The van der Waals surface area contributed by atoms with E-state index in [2.05, 4.69) is 31.1 Å². The number of para-hydroxylation sites is 1. The molecule has 0 radical (unpaired) electrons. The number of benzene rings is 1. The summed E-state index contributed by atoms with van der Waals surface area (Å²) < 4.78 is 5.66. The van der Waals surface area contributed by atoms with E-state index in [0.717, 1.165) is 31.9 Å². The molecule has 0 fully saturated rings. The van der Waals surface area contributed by atoms with Crippen molar-refractivity contribution in [2.75, 3.05) is 13.2 Å². The summed E-state index contributed by atoms with van der Waals surface area (Å²) in [5.74, 6) is 0.940. The second kappa shape index (κ2) is 7.57. The molecule has 114 valence electrons. The average molecular weight is 304 g/mol. The third kappa shape index (κ3) is 5.48. The maximum absolute atomic E-state index is 5.66. The molecule has 4 heteroatoms. The zero-order valence-electron chi connectivity index (χ0n) is 13.1. The monoisotopic (exact) mass is 304 g/mol. The van der Waals surface area contributed by atoms with Crippen LogP contribution in [0.15, 0.2) is 36.5 Å². The first-order valence-electron chi connectivity index (χ1n) is 7.39. The summed E-state index contributed by atoms with van der Waals surface area (Å²) in [6, 6.07) is 9.95. The molecule has 21 heavy (non-hydrogen) atoms. The molecule has 0 unspecified atom stereocenters. The molecule has 1 aromatic carbocycles. The molecule has 0 spiro atoms. The number of nitrogens with one attached hydrogen (secondary N) is 1. The fraction of sp³-hybridized carbons (Fsp3) is 0.471. The van der Waals surface area contributed by atoms with Gasteiger partial charge >= 0.3 is 0 Å². The number of hydrogen-bond acceptors (Lipinski definition) is 4.